The first-order valence-electron chi connectivity index (χ1n) is 6.75. The lowest BCUT2D eigenvalue weighted by Crippen LogP contribution is -2.39. The molecule has 1 aliphatic heterocycles. The van der Waals surface area contributed by atoms with Crippen LogP contribution in [0.2, 0.25) is 0 Å². The van der Waals surface area contributed by atoms with Crippen LogP contribution in [-0.4, -0.2) is 30.6 Å². The number of benzene rings is 1. The van der Waals surface area contributed by atoms with Crippen molar-refractivity contribution in [2.45, 2.75) is 32.0 Å². The summed E-state index contributed by atoms with van der Waals surface area (Å²) in [5.74, 6) is 5.26. The van der Waals surface area contributed by atoms with Crippen molar-refractivity contribution < 1.29 is 19.1 Å². The lowest BCUT2D eigenvalue weighted by molar-refractivity contribution is -0.132. The minimum atomic E-state index is -0.505. The van der Waals surface area contributed by atoms with E-state index in [4.69, 9.17) is 15.3 Å². The number of carbonyl (C=O) groups is 2. The van der Waals surface area contributed by atoms with Crippen LogP contribution in [0.15, 0.2) is 24.3 Å². The van der Waals surface area contributed by atoms with Gasteiger partial charge in [0.1, 0.15) is 18.5 Å². The largest absolute Gasteiger partial charge is 0.491 e. The van der Waals surface area contributed by atoms with Crippen LogP contribution in [0.25, 0.3) is 0 Å². The SMILES string of the molecule is CC(=O)Nc1cccc(OCC2CCC(C(=O)NN)O2)c1. The summed E-state index contributed by atoms with van der Waals surface area (Å²) in [6.07, 6.45) is 0.720. The second kappa shape index (κ2) is 7.05. The summed E-state index contributed by atoms with van der Waals surface area (Å²) >= 11 is 0. The summed E-state index contributed by atoms with van der Waals surface area (Å²) in [6, 6.07) is 7.10. The van der Waals surface area contributed by atoms with Gasteiger partial charge >= 0.3 is 0 Å². The zero-order valence-electron chi connectivity index (χ0n) is 11.8. The molecule has 0 spiro atoms. The number of anilines is 1. The fourth-order valence-electron chi connectivity index (χ4n) is 2.17. The second-order valence-electron chi connectivity index (χ2n) is 4.85. The van der Waals surface area contributed by atoms with Gasteiger partial charge in [0.25, 0.3) is 5.91 Å². The second-order valence-corrected chi connectivity index (χ2v) is 4.85. The van der Waals surface area contributed by atoms with Crippen molar-refractivity contribution in [1.82, 2.24) is 5.43 Å². The number of rotatable bonds is 5. The molecule has 21 heavy (non-hydrogen) atoms. The predicted octanol–water partition coefficient (Wildman–Crippen LogP) is 0.561. The topological polar surface area (TPSA) is 103 Å². The normalized spacial score (nSPS) is 20.9. The molecule has 4 N–H and O–H groups in total. The van der Waals surface area contributed by atoms with E-state index in [1.54, 1.807) is 24.3 Å². The van der Waals surface area contributed by atoms with Crippen molar-refractivity contribution in [3.05, 3.63) is 24.3 Å². The van der Waals surface area contributed by atoms with Crippen LogP contribution in [0.3, 0.4) is 0 Å². The van der Waals surface area contributed by atoms with E-state index in [0.29, 0.717) is 24.5 Å². The third kappa shape index (κ3) is 4.44. The third-order valence-corrected chi connectivity index (χ3v) is 3.13. The first-order valence-corrected chi connectivity index (χ1v) is 6.75. The lowest BCUT2D eigenvalue weighted by Gasteiger charge is -2.14. The smallest absolute Gasteiger partial charge is 0.263 e. The Morgan fingerprint density at radius 1 is 1.43 bits per heavy atom. The average molecular weight is 293 g/mol. The Kier molecular flexibility index (Phi) is 5.13. The minimum absolute atomic E-state index is 0.137. The molecule has 2 amide bonds. The van der Waals surface area contributed by atoms with Gasteiger partial charge in [0.15, 0.2) is 0 Å². The van der Waals surface area contributed by atoms with Gasteiger partial charge in [0.2, 0.25) is 5.91 Å². The molecule has 7 nitrogen and oxygen atoms in total. The Bertz CT molecular complexity index is 521. The summed E-state index contributed by atoms with van der Waals surface area (Å²) in [4.78, 5) is 22.3. The highest BCUT2D eigenvalue weighted by Crippen LogP contribution is 2.22. The van der Waals surface area contributed by atoms with Crippen LogP contribution >= 0.6 is 0 Å². The van der Waals surface area contributed by atoms with E-state index in [1.807, 2.05) is 0 Å². The van der Waals surface area contributed by atoms with Crippen molar-refractivity contribution in [1.29, 1.82) is 0 Å². The molecular weight excluding hydrogens is 274 g/mol. The molecule has 1 heterocycles. The van der Waals surface area contributed by atoms with Gasteiger partial charge in [-0.15, -0.1) is 0 Å². The molecule has 2 unspecified atom stereocenters. The van der Waals surface area contributed by atoms with Gasteiger partial charge in [-0.1, -0.05) is 6.07 Å². The molecule has 114 valence electrons. The molecular formula is C14H19N3O4. The monoisotopic (exact) mass is 293 g/mol. The molecule has 0 aromatic heterocycles. The van der Waals surface area contributed by atoms with Crippen LogP contribution in [-0.2, 0) is 14.3 Å². The van der Waals surface area contributed by atoms with Gasteiger partial charge in [0, 0.05) is 18.7 Å². The summed E-state index contributed by atoms with van der Waals surface area (Å²) in [5, 5.41) is 2.69. The number of amides is 2. The van der Waals surface area contributed by atoms with Gasteiger partial charge in [-0.25, -0.2) is 5.84 Å². The third-order valence-electron chi connectivity index (χ3n) is 3.13. The molecule has 1 aromatic carbocycles. The number of hydrogen-bond acceptors (Lipinski definition) is 5. The molecule has 0 saturated carbocycles. The van der Waals surface area contributed by atoms with Crippen molar-refractivity contribution >= 4 is 17.5 Å². The van der Waals surface area contributed by atoms with Crippen molar-refractivity contribution in [2.24, 2.45) is 5.84 Å². The van der Waals surface area contributed by atoms with Gasteiger partial charge in [-0.2, -0.15) is 0 Å². The first kappa shape index (κ1) is 15.3. The number of nitrogens with one attached hydrogen (secondary N) is 2. The van der Waals surface area contributed by atoms with E-state index >= 15 is 0 Å². The Morgan fingerprint density at radius 2 is 2.24 bits per heavy atom. The Morgan fingerprint density at radius 3 is 2.95 bits per heavy atom. The maximum absolute atomic E-state index is 11.3. The predicted molar refractivity (Wildman–Crippen MR) is 76.5 cm³/mol. The number of ether oxygens (including phenoxy) is 2. The van der Waals surface area contributed by atoms with Crippen molar-refractivity contribution in [3.63, 3.8) is 0 Å². The molecule has 2 rings (SSSR count). The summed E-state index contributed by atoms with van der Waals surface area (Å²) < 4.78 is 11.2. The summed E-state index contributed by atoms with van der Waals surface area (Å²) in [5.41, 5.74) is 2.76. The lowest BCUT2D eigenvalue weighted by atomic mass is 10.2. The molecule has 0 radical (unpaired) electrons. The Hall–Kier alpha value is -2.12. The van der Waals surface area contributed by atoms with Crippen LogP contribution < -0.4 is 21.3 Å². The Balaban J connectivity index is 1.84. The van der Waals surface area contributed by atoms with Crippen molar-refractivity contribution in [2.75, 3.05) is 11.9 Å². The Labute approximate surface area is 122 Å². The molecule has 1 saturated heterocycles. The van der Waals surface area contributed by atoms with Gasteiger partial charge < -0.3 is 14.8 Å². The molecule has 1 aromatic rings. The zero-order valence-corrected chi connectivity index (χ0v) is 11.8. The molecule has 2 atom stereocenters. The van der Waals surface area contributed by atoms with E-state index in [9.17, 15) is 9.59 Å². The van der Waals surface area contributed by atoms with E-state index < -0.39 is 6.10 Å². The van der Waals surface area contributed by atoms with Crippen molar-refractivity contribution in [3.8, 4) is 5.75 Å². The van der Waals surface area contributed by atoms with Crippen LogP contribution in [0.5, 0.6) is 5.75 Å². The standard InChI is InChI=1S/C14H19N3O4/c1-9(18)16-10-3-2-4-11(7-10)20-8-12-5-6-13(21-12)14(19)17-15/h2-4,7,12-13H,5-6,8,15H2,1H3,(H,16,18)(H,17,19). The minimum Gasteiger partial charge on any atom is -0.491 e. The molecule has 7 heteroatoms. The molecule has 1 fully saturated rings. The van der Waals surface area contributed by atoms with E-state index in [0.717, 1.165) is 6.42 Å². The fraction of sp³-hybridized carbons (Fsp3) is 0.429. The van der Waals surface area contributed by atoms with E-state index in [-0.39, 0.29) is 17.9 Å². The highest BCUT2D eigenvalue weighted by Gasteiger charge is 2.30. The van der Waals surface area contributed by atoms with Crippen LogP contribution in [0, 0.1) is 0 Å². The average Bonchev–Trinajstić information content (AvgIpc) is 2.93. The van der Waals surface area contributed by atoms with Crippen LogP contribution in [0.4, 0.5) is 5.69 Å². The van der Waals surface area contributed by atoms with Gasteiger partial charge in [0.05, 0.1) is 6.10 Å². The maximum atomic E-state index is 11.3. The van der Waals surface area contributed by atoms with Gasteiger partial charge in [-0.05, 0) is 25.0 Å². The fourth-order valence-corrected chi connectivity index (χ4v) is 2.17. The summed E-state index contributed by atoms with van der Waals surface area (Å²) in [7, 11) is 0. The number of hydrogen-bond donors (Lipinski definition) is 3. The van der Waals surface area contributed by atoms with Gasteiger partial charge in [-0.3, -0.25) is 15.0 Å². The number of nitrogens with two attached hydrogens (primary N) is 1. The van der Waals surface area contributed by atoms with E-state index in [2.05, 4.69) is 10.7 Å². The van der Waals surface area contributed by atoms with E-state index in [1.165, 1.54) is 6.92 Å². The molecule has 0 bridgehead atoms. The quantitative estimate of drug-likeness (QED) is 0.418. The number of hydrazine groups is 1. The van der Waals surface area contributed by atoms with Crippen LogP contribution in [0.1, 0.15) is 19.8 Å². The highest BCUT2D eigenvalue weighted by molar-refractivity contribution is 5.88. The maximum Gasteiger partial charge on any atom is 0.263 e. The molecule has 0 aliphatic carbocycles. The zero-order chi connectivity index (χ0) is 15.2. The highest BCUT2D eigenvalue weighted by atomic mass is 16.5. The first-order chi connectivity index (χ1) is 10.1. The molecule has 1 aliphatic rings. The summed E-state index contributed by atoms with van der Waals surface area (Å²) in [6.45, 7) is 1.79. The number of carbonyl (C=O) groups excluding carboxylic acids is 2.